The molecule has 1 saturated heterocycles. The SMILES string of the molecule is C[C@H]1[C@H]([Si](C)(C)O)[C@@H](CC(=O)N(CCO)Cc2ccccc2)O[C@]12C(=O)N(Cc1cccc(NC(=O)c3ccc(N)cc3)c1)c1ccc(NC(=O)c3ccc(N)cc3)cc12. The van der Waals surface area contributed by atoms with Crippen molar-refractivity contribution in [3.8, 4) is 0 Å². The van der Waals surface area contributed by atoms with E-state index in [9.17, 15) is 24.3 Å². The van der Waals surface area contributed by atoms with Crippen molar-refractivity contribution >= 4 is 60.4 Å². The first-order chi connectivity index (χ1) is 28.7. The van der Waals surface area contributed by atoms with E-state index in [1.54, 1.807) is 108 Å². The summed E-state index contributed by atoms with van der Waals surface area (Å²) in [6.45, 7) is 5.67. The van der Waals surface area contributed by atoms with Gasteiger partial charge >= 0.3 is 0 Å². The highest BCUT2D eigenvalue weighted by atomic mass is 28.4. The molecule has 0 unspecified atom stereocenters. The molecule has 0 aliphatic carbocycles. The molecule has 2 aliphatic heterocycles. The number of nitrogens with zero attached hydrogens (tertiary/aromatic N) is 2. The number of fused-ring (bicyclic) bond motifs is 2. The van der Waals surface area contributed by atoms with Gasteiger partial charge in [0.15, 0.2) is 13.9 Å². The molecule has 0 bridgehead atoms. The van der Waals surface area contributed by atoms with Crippen LogP contribution < -0.4 is 27.0 Å². The highest BCUT2D eigenvalue weighted by Gasteiger charge is 2.66. The molecule has 14 heteroatoms. The number of hydrogen-bond acceptors (Lipinski definition) is 9. The number of carbonyl (C=O) groups excluding carboxylic acids is 4. The minimum absolute atomic E-state index is 0.0951. The molecule has 0 aromatic heterocycles. The van der Waals surface area contributed by atoms with Crippen LogP contribution in [0.5, 0.6) is 0 Å². The van der Waals surface area contributed by atoms with E-state index < -0.39 is 31.5 Å². The van der Waals surface area contributed by atoms with Gasteiger partial charge in [-0.2, -0.15) is 0 Å². The number of benzene rings is 5. The van der Waals surface area contributed by atoms with E-state index in [0.717, 1.165) is 5.56 Å². The Kier molecular flexibility index (Phi) is 11.9. The van der Waals surface area contributed by atoms with Gasteiger partial charge in [-0.25, -0.2) is 0 Å². The molecule has 0 radical (unpaired) electrons. The summed E-state index contributed by atoms with van der Waals surface area (Å²) in [5, 5.41) is 15.8. The molecule has 310 valence electrons. The van der Waals surface area contributed by atoms with E-state index in [1.165, 1.54) is 0 Å². The molecule has 60 heavy (non-hydrogen) atoms. The predicted molar refractivity (Wildman–Crippen MR) is 234 cm³/mol. The van der Waals surface area contributed by atoms with E-state index >= 15 is 4.79 Å². The Morgan fingerprint density at radius 3 is 1.97 bits per heavy atom. The summed E-state index contributed by atoms with van der Waals surface area (Å²) >= 11 is 0. The van der Waals surface area contributed by atoms with Gasteiger partial charge in [0.05, 0.1) is 31.4 Å². The van der Waals surface area contributed by atoms with Gasteiger partial charge in [-0.3, -0.25) is 19.2 Å². The Labute approximate surface area is 350 Å². The molecular formula is C46H50N6O7Si. The third-order valence-electron chi connectivity index (χ3n) is 11.4. The zero-order valence-corrected chi connectivity index (χ0v) is 34.8. The quantitative estimate of drug-likeness (QED) is 0.0599. The predicted octanol–water partition coefficient (Wildman–Crippen LogP) is 6.11. The topological polar surface area (TPSA) is 201 Å². The van der Waals surface area contributed by atoms with Crippen LogP contribution in [-0.2, 0) is 33.0 Å². The molecular weight excluding hydrogens is 777 g/mol. The molecule has 7 rings (SSSR count). The number of nitrogens with one attached hydrogen (secondary N) is 2. The van der Waals surface area contributed by atoms with E-state index in [1.807, 2.05) is 43.3 Å². The lowest BCUT2D eigenvalue weighted by Crippen LogP contribution is -2.46. The lowest BCUT2D eigenvalue weighted by Gasteiger charge is -2.32. The maximum Gasteiger partial charge on any atom is 0.264 e. The van der Waals surface area contributed by atoms with Crippen molar-refractivity contribution < 1.29 is 33.8 Å². The van der Waals surface area contributed by atoms with E-state index in [0.29, 0.717) is 50.7 Å². The largest absolute Gasteiger partial charge is 0.432 e. The van der Waals surface area contributed by atoms with E-state index in [4.69, 9.17) is 16.2 Å². The number of hydrogen-bond donors (Lipinski definition) is 6. The fraction of sp³-hybridized carbons (Fsp3) is 0.261. The average molecular weight is 827 g/mol. The number of anilines is 5. The second-order valence-corrected chi connectivity index (χ2v) is 20.0. The molecule has 5 aromatic rings. The highest BCUT2D eigenvalue weighted by Crippen LogP contribution is 2.60. The molecule has 1 spiro atoms. The number of aliphatic hydroxyl groups excluding tert-OH is 1. The number of carbonyl (C=O) groups is 4. The van der Waals surface area contributed by atoms with Gasteiger partial charge in [-0.1, -0.05) is 49.4 Å². The Morgan fingerprint density at radius 1 is 0.800 bits per heavy atom. The first kappa shape index (κ1) is 41.8. The Morgan fingerprint density at radius 2 is 1.38 bits per heavy atom. The van der Waals surface area contributed by atoms with E-state index in [2.05, 4.69) is 10.6 Å². The Bertz CT molecular complexity index is 2390. The zero-order valence-electron chi connectivity index (χ0n) is 33.8. The summed E-state index contributed by atoms with van der Waals surface area (Å²) in [4.78, 5) is 71.0. The standard InChI is InChI=1S/C46H50N6O7Si/c1-29-42(60(2,3)58)40(26-41(54)51(22-23-53)27-30-8-5-4-6-9-30)59-46(29)38-25-37(50-44(56)33-14-18-35(48)19-15-33)20-21-39(38)52(45(46)57)28-31-10-7-11-36(24-31)49-43(55)32-12-16-34(47)17-13-32/h4-21,24-25,29,40,42,53,58H,22-23,26-28,47-48H2,1-3H3,(H,49,55)(H,50,56)/t29-,40+,42-,46+/m0/s1. The summed E-state index contributed by atoms with van der Waals surface area (Å²) in [6.07, 6.45) is -0.986. The Balaban J connectivity index is 1.24. The number of aliphatic hydroxyl groups is 1. The number of rotatable bonds is 13. The number of ether oxygens (including phenoxy) is 1. The van der Waals surface area contributed by atoms with Crippen LogP contribution in [0.2, 0.25) is 18.6 Å². The van der Waals surface area contributed by atoms with Crippen LogP contribution in [0.15, 0.2) is 121 Å². The molecule has 0 saturated carbocycles. The van der Waals surface area contributed by atoms with Crippen LogP contribution in [0.1, 0.15) is 50.8 Å². The molecule has 2 heterocycles. The summed E-state index contributed by atoms with van der Waals surface area (Å²) in [7, 11) is -3.17. The van der Waals surface area contributed by atoms with Crippen molar-refractivity contribution in [1.29, 1.82) is 0 Å². The van der Waals surface area contributed by atoms with Crippen molar-refractivity contribution in [2.75, 3.05) is 40.2 Å². The van der Waals surface area contributed by atoms with Crippen molar-refractivity contribution in [3.05, 3.63) is 149 Å². The number of amides is 4. The molecule has 5 aromatic carbocycles. The molecule has 4 amide bonds. The molecule has 2 aliphatic rings. The van der Waals surface area contributed by atoms with Crippen LogP contribution >= 0.6 is 0 Å². The van der Waals surface area contributed by atoms with Gasteiger partial charge in [-0.05, 0) is 103 Å². The van der Waals surface area contributed by atoms with E-state index in [-0.39, 0.29) is 56.3 Å². The summed E-state index contributed by atoms with van der Waals surface area (Å²) in [5.41, 5.74) is 14.9. The third-order valence-corrected chi connectivity index (χ3v) is 13.9. The van der Waals surface area contributed by atoms with Gasteiger partial charge in [-0.15, -0.1) is 0 Å². The van der Waals surface area contributed by atoms with Crippen molar-refractivity contribution in [2.45, 2.75) is 56.8 Å². The van der Waals surface area contributed by atoms with Crippen LogP contribution in [0.4, 0.5) is 28.4 Å². The lowest BCUT2D eigenvalue weighted by atomic mass is 9.82. The van der Waals surface area contributed by atoms with Gasteiger partial charge in [0, 0.05) is 64.0 Å². The average Bonchev–Trinajstić information content (AvgIpc) is 3.64. The second-order valence-electron chi connectivity index (χ2n) is 16.1. The minimum Gasteiger partial charge on any atom is -0.432 e. The van der Waals surface area contributed by atoms with Gasteiger partial charge in [0.25, 0.3) is 17.7 Å². The zero-order chi connectivity index (χ0) is 42.8. The highest BCUT2D eigenvalue weighted by molar-refractivity contribution is 6.71. The van der Waals surface area contributed by atoms with Crippen LogP contribution in [0, 0.1) is 5.92 Å². The van der Waals surface area contributed by atoms with Crippen LogP contribution in [0.3, 0.4) is 0 Å². The van der Waals surface area contributed by atoms with Crippen molar-refractivity contribution in [3.63, 3.8) is 0 Å². The lowest BCUT2D eigenvalue weighted by molar-refractivity contribution is -0.150. The first-order valence-electron chi connectivity index (χ1n) is 19.9. The number of nitrogen functional groups attached to an aromatic ring is 2. The smallest absolute Gasteiger partial charge is 0.264 e. The summed E-state index contributed by atoms with van der Waals surface area (Å²) < 4.78 is 6.99. The minimum atomic E-state index is -3.17. The Hall–Kier alpha value is -6.32. The third kappa shape index (κ3) is 8.54. The van der Waals surface area contributed by atoms with Gasteiger partial charge in [0.1, 0.15) is 0 Å². The maximum atomic E-state index is 15.3. The van der Waals surface area contributed by atoms with Crippen molar-refractivity contribution in [1.82, 2.24) is 4.90 Å². The summed E-state index contributed by atoms with van der Waals surface area (Å²) in [5.74, 6) is -1.96. The van der Waals surface area contributed by atoms with Gasteiger partial charge in [0.2, 0.25) is 5.91 Å². The second kappa shape index (κ2) is 17.1. The monoisotopic (exact) mass is 826 g/mol. The van der Waals surface area contributed by atoms with Crippen LogP contribution in [-0.4, -0.2) is 66.0 Å². The normalized spacial score (nSPS) is 19.6. The van der Waals surface area contributed by atoms with Gasteiger partial charge < -0.3 is 46.5 Å². The maximum absolute atomic E-state index is 15.3. The molecule has 1 fully saturated rings. The summed E-state index contributed by atoms with van der Waals surface area (Å²) in [6, 6.07) is 35.0. The van der Waals surface area contributed by atoms with Crippen LogP contribution in [0.25, 0.3) is 0 Å². The molecule has 8 N–H and O–H groups in total. The number of nitrogens with two attached hydrogens (primary N) is 2. The van der Waals surface area contributed by atoms with Crippen molar-refractivity contribution in [2.24, 2.45) is 5.92 Å². The first-order valence-corrected chi connectivity index (χ1v) is 22.9. The fourth-order valence-electron chi connectivity index (χ4n) is 8.64. The molecule has 4 atom stereocenters. The fourth-order valence-corrected chi connectivity index (χ4v) is 11.2. The molecule has 13 nitrogen and oxygen atoms in total.